The van der Waals surface area contributed by atoms with Crippen LogP contribution in [0.1, 0.15) is 30.4 Å². The molecule has 0 aliphatic carbocycles. The van der Waals surface area contributed by atoms with Gasteiger partial charge in [0.2, 0.25) is 5.91 Å². The second-order valence-corrected chi connectivity index (χ2v) is 4.90. The lowest BCUT2D eigenvalue weighted by Crippen LogP contribution is -2.30. The standard InChI is InChI=1S/C18H21NO/c1-2-17(16-11-7-4-8-12-16)18(20)19-14-13-15-9-5-3-6-10-15/h3-12,17H,2,13-14H2,1H3,(H,19,20)/t17-/m0/s1. The number of carbonyl (C=O) groups excluding carboxylic acids is 1. The average Bonchev–Trinajstić information content (AvgIpc) is 2.50. The highest BCUT2D eigenvalue weighted by atomic mass is 16.1. The zero-order chi connectivity index (χ0) is 14.2. The average molecular weight is 267 g/mol. The maximum atomic E-state index is 12.3. The summed E-state index contributed by atoms with van der Waals surface area (Å²) in [4.78, 5) is 12.3. The molecular formula is C18H21NO. The highest BCUT2D eigenvalue weighted by molar-refractivity contribution is 5.83. The van der Waals surface area contributed by atoms with E-state index in [-0.39, 0.29) is 11.8 Å². The molecule has 104 valence electrons. The molecule has 0 bridgehead atoms. The van der Waals surface area contributed by atoms with Gasteiger partial charge in [0.15, 0.2) is 0 Å². The first-order valence-electron chi connectivity index (χ1n) is 7.18. The Hall–Kier alpha value is -2.09. The SMILES string of the molecule is CC[C@H](C(=O)NCCc1ccccc1)c1ccccc1. The van der Waals surface area contributed by atoms with Crippen LogP contribution in [0.4, 0.5) is 0 Å². The summed E-state index contributed by atoms with van der Waals surface area (Å²) in [7, 11) is 0. The summed E-state index contributed by atoms with van der Waals surface area (Å²) in [5.74, 6) is 0.0709. The summed E-state index contributed by atoms with van der Waals surface area (Å²) < 4.78 is 0. The molecule has 1 N–H and O–H groups in total. The van der Waals surface area contributed by atoms with Crippen LogP contribution in [-0.2, 0) is 11.2 Å². The minimum absolute atomic E-state index is 0.0491. The number of hydrogen-bond donors (Lipinski definition) is 1. The lowest BCUT2D eigenvalue weighted by molar-refractivity contribution is -0.122. The largest absolute Gasteiger partial charge is 0.355 e. The van der Waals surface area contributed by atoms with Gasteiger partial charge in [-0.2, -0.15) is 0 Å². The first-order chi connectivity index (χ1) is 9.81. The zero-order valence-corrected chi connectivity index (χ0v) is 11.9. The summed E-state index contributed by atoms with van der Waals surface area (Å²) in [6.45, 7) is 2.74. The number of rotatable bonds is 6. The maximum absolute atomic E-state index is 12.3. The quantitative estimate of drug-likeness (QED) is 0.852. The normalized spacial score (nSPS) is 11.8. The van der Waals surface area contributed by atoms with Gasteiger partial charge in [0.25, 0.3) is 0 Å². The van der Waals surface area contributed by atoms with Crippen LogP contribution >= 0.6 is 0 Å². The zero-order valence-electron chi connectivity index (χ0n) is 11.9. The Morgan fingerprint density at radius 1 is 1.00 bits per heavy atom. The van der Waals surface area contributed by atoms with E-state index in [4.69, 9.17) is 0 Å². The molecule has 0 aliphatic heterocycles. The van der Waals surface area contributed by atoms with Crippen molar-refractivity contribution in [2.24, 2.45) is 0 Å². The van der Waals surface area contributed by atoms with Gasteiger partial charge >= 0.3 is 0 Å². The van der Waals surface area contributed by atoms with Crippen LogP contribution < -0.4 is 5.32 Å². The van der Waals surface area contributed by atoms with E-state index in [2.05, 4.69) is 24.4 Å². The monoisotopic (exact) mass is 267 g/mol. The lowest BCUT2D eigenvalue weighted by atomic mass is 9.95. The van der Waals surface area contributed by atoms with E-state index in [0.29, 0.717) is 6.54 Å². The molecule has 0 aromatic heterocycles. The molecule has 2 aromatic rings. The Labute approximate surface area is 120 Å². The molecule has 2 heteroatoms. The smallest absolute Gasteiger partial charge is 0.227 e. The molecule has 1 amide bonds. The van der Waals surface area contributed by atoms with Crippen molar-refractivity contribution in [3.8, 4) is 0 Å². The van der Waals surface area contributed by atoms with Gasteiger partial charge in [0.1, 0.15) is 0 Å². The summed E-state index contributed by atoms with van der Waals surface area (Å²) in [5, 5.41) is 3.04. The van der Waals surface area contributed by atoms with E-state index in [1.54, 1.807) is 0 Å². The van der Waals surface area contributed by atoms with E-state index in [0.717, 1.165) is 18.4 Å². The molecule has 1 atom stereocenters. The predicted molar refractivity (Wildman–Crippen MR) is 82.6 cm³/mol. The Kier molecular flexibility index (Phi) is 5.36. The third-order valence-corrected chi connectivity index (χ3v) is 3.48. The van der Waals surface area contributed by atoms with Crippen LogP contribution in [0.5, 0.6) is 0 Å². The predicted octanol–water partition coefficient (Wildman–Crippen LogP) is 3.54. The minimum atomic E-state index is -0.0491. The van der Waals surface area contributed by atoms with Gasteiger partial charge < -0.3 is 5.32 Å². The van der Waals surface area contributed by atoms with Gasteiger partial charge in [-0.25, -0.2) is 0 Å². The molecule has 0 saturated carbocycles. The highest BCUT2D eigenvalue weighted by Gasteiger charge is 2.17. The fourth-order valence-electron chi connectivity index (χ4n) is 2.36. The topological polar surface area (TPSA) is 29.1 Å². The van der Waals surface area contributed by atoms with Crippen molar-refractivity contribution >= 4 is 5.91 Å². The summed E-state index contributed by atoms with van der Waals surface area (Å²) in [6, 6.07) is 20.2. The van der Waals surface area contributed by atoms with Gasteiger partial charge in [-0.3, -0.25) is 4.79 Å². The molecule has 2 nitrogen and oxygen atoms in total. The molecule has 0 fully saturated rings. The van der Waals surface area contributed by atoms with Crippen molar-refractivity contribution in [1.82, 2.24) is 5.32 Å². The third kappa shape index (κ3) is 3.95. The molecular weight excluding hydrogens is 246 g/mol. The number of carbonyl (C=O) groups is 1. The lowest BCUT2D eigenvalue weighted by Gasteiger charge is -2.15. The molecule has 20 heavy (non-hydrogen) atoms. The number of nitrogens with one attached hydrogen (secondary N) is 1. The molecule has 2 rings (SSSR count). The van der Waals surface area contributed by atoms with E-state index in [1.807, 2.05) is 48.5 Å². The number of hydrogen-bond acceptors (Lipinski definition) is 1. The van der Waals surface area contributed by atoms with Crippen LogP contribution in [-0.4, -0.2) is 12.5 Å². The van der Waals surface area contributed by atoms with Crippen molar-refractivity contribution in [2.75, 3.05) is 6.54 Å². The van der Waals surface area contributed by atoms with E-state index >= 15 is 0 Å². The molecule has 2 aromatic carbocycles. The van der Waals surface area contributed by atoms with E-state index in [1.165, 1.54) is 5.56 Å². The van der Waals surface area contributed by atoms with Gasteiger partial charge in [-0.1, -0.05) is 67.6 Å². The van der Waals surface area contributed by atoms with Gasteiger partial charge in [-0.05, 0) is 24.0 Å². The van der Waals surface area contributed by atoms with Gasteiger partial charge in [0, 0.05) is 6.54 Å². The number of amides is 1. The summed E-state index contributed by atoms with van der Waals surface area (Å²) >= 11 is 0. The molecule has 0 heterocycles. The maximum Gasteiger partial charge on any atom is 0.227 e. The van der Waals surface area contributed by atoms with Crippen LogP contribution in [0, 0.1) is 0 Å². The van der Waals surface area contributed by atoms with Crippen LogP contribution in [0.15, 0.2) is 60.7 Å². The van der Waals surface area contributed by atoms with Crippen molar-refractivity contribution in [1.29, 1.82) is 0 Å². The molecule has 0 saturated heterocycles. The van der Waals surface area contributed by atoms with Crippen molar-refractivity contribution in [3.05, 3.63) is 71.8 Å². The van der Waals surface area contributed by atoms with Gasteiger partial charge in [0.05, 0.1) is 5.92 Å². The van der Waals surface area contributed by atoms with Crippen LogP contribution in [0.2, 0.25) is 0 Å². The fraction of sp³-hybridized carbons (Fsp3) is 0.278. The first kappa shape index (κ1) is 14.3. The molecule has 0 radical (unpaired) electrons. The van der Waals surface area contributed by atoms with Crippen LogP contribution in [0.25, 0.3) is 0 Å². The fourth-order valence-corrected chi connectivity index (χ4v) is 2.36. The van der Waals surface area contributed by atoms with E-state index in [9.17, 15) is 4.79 Å². The summed E-state index contributed by atoms with van der Waals surface area (Å²) in [5.41, 5.74) is 2.34. The second-order valence-electron chi connectivity index (χ2n) is 4.90. The summed E-state index contributed by atoms with van der Waals surface area (Å²) in [6.07, 6.45) is 1.69. The first-order valence-corrected chi connectivity index (χ1v) is 7.18. The van der Waals surface area contributed by atoms with Crippen LogP contribution in [0.3, 0.4) is 0 Å². The molecule has 0 unspecified atom stereocenters. The van der Waals surface area contributed by atoms with Crippen molar-refractivity contribution in [2.45, 2.75) is 25.7 Å². The van der Waals surface area contributed by atoms with Gasteiger partial charge in [-0.15, -0.1) is 0 Å². The Morgan fingerprint density at radius 3 is 2.20 bits per heavy atom. The highest BCUT2D eigenvalue weighted by Crippen LogP contribution is 2.19. The minimum Gasteiger partial charge on any atom is -0.355 e. The molecule has 0 spiro atoms. The number of benzene rings is 2. The van der Waals surface area contributed by atoms with E-state index < -0.39 is 0 Å². The Bertz CT molecular complexity index is 522. The van der Waals surface area contributed by atoms with Crippen molar-refractivity contribution < 1.29 is 4.79 Å². The Balaban J connectivity index is 1.87. The Morgan fingerprint density at radius 2 is 1.60 bits per heavy atom. The van der Waals surface area contributed by atoms with Crippen molar-refractivity contribution in [3.63, 3.8) is 0 Å². The second kappa shape index (κ2) is 7.49. The third-order valence-electron chi connectivity index (χ3n) is 3.48. The molecule has 0 aliphatic rings.